The highest BCUT2D eigenvalue weighted by atomic mass is 32.1. The van der Waals surface area contributed by atoms with Crippen molar-refractivity contribution in [2.45, 2.75) is 25.9 Å². The third-order valence-electron chi connectivity index (χ3n) is 2.26. The van der Waals surface area contributed by atoms with E-state index in [1.54, 1.807) is 37.3 Å². The molecule has 2 nitrogen and oxygen atoms in total. The van der Waals surface area contributed by atoms with Crippen LogP contribution in [-0.2, 0) is 6.42 Å². The number of hydrogen-bond donors (Lipinski definition) is 2. The number of fused-ring (bicyclic) bond motifs is 1. The molecule has 0 saturated heterocycles. The maximum atomic E-state index is 9.76. The predicted molar refractivity (Wildman–Crippen MR) is 63.5 cm³/mol. The molecule has 0 amide bonds. The second-order valence-electron chi connectivity index (χ2n) is 4.43. The molecular formula is C12H14O2S. The van der Waals surface area contributed by atoms with E-state index in [1.807, 2.05) is 11.4 Å². The quantitative estimate of drug-likeness (QED) is 0.820. The van der Waals surface area contributed by atoms with Gasteiger partial charge in [0, 0.05) is 11.1 Å². The number of phenolic OH excluding ortho intramolecular Hbond substituents is 1. The van der Waals surface area contributed by atoms with Crippen molar-refractivity contribution in [2.24, 2.45) is 0 Å². The van der Waals surface area contributed by atoms with Crippen molar-refractivity contribution < 1.29 is 10.2 Å². The molecule has 0 unspecified atom stereocenters. The highest BCUT2D eigenvalue weighted by Gasteiger charge is 2.16. The van der Waals surface area contributed by atoms with E-state index in [2.05, 4.69) is 0 Å². The molecule has 0 aliphatic heterocycles. The van der Waals surface area contributed by atoms with Crippen LogP contribution in [0.5, 0.6) is 5.75 Å². The molecule has 0 atom stereocenters. The lowest BCUT2D eigenvalue weighted by Crippen LogP contribution is -2.21. The van der Waals surface area contributed by atoms with Crippen molar-refractivity contribution in [1.82, 2.24) is 0 Å². The summed E-state index contributed by atoms with van der Waals surface area (Å²) in [5.74, 6) is 0.291. The number of phenols is 1. The van der Waals surface area contributed by atoms with Gasteiger partial charge in [0.1, 0.15) is 5.75 Å². The maximum Gasteiger partial charge on any atom is 0.117 e. The van der Waals surface area contributed by atoms with Gasteiger partial charge in [-0.05, 0) is 48.4 Å². The summed E-state index contributed by atoms with van der Waals surface area (Å²) in [6.07, 6.45) is 0.637. The van der Waals surface area contributed by atoms with Crippen molar-refractivity contribution in [3.8, 4) is 5.75 Å². The first kappa shape index (κ1) is 10.5. The lowest BCUT2D eigenvalue weighted by atomic mass is 9.98. The third-order valence-corrected chi connectivity index (χ3v) is 3.26. The van der Waals surface area contributed by atoms with Crippen LogP contribution in [0, 0.1) is 0 Å². The Balaban J connectivity index is 2.45. The standard InChI is InChI=1S/C12H14O2S/c1-12(2,14)6-8-7-15-11-5-9(13)3-4-10(8)11/h3-5,7,13-14H,6H2,1-2H3. The summed E-state index contributed by atoms with van der Waals surface area (Å²) in [5.41, 5.74) is 0.453. The highest BCUT2D eigenvalue weighted by molar-refractivity contribution is 7.17. The number of thiophene rings is 1. The van der Waals surface area contributed by atoms with Crippen LogP contribution in [0.1, 0.15) is 19.4 Å². The highest BCUT2D eigenvalue weighted by Crippen LogP contribution is 2.31. The maximum absolute atomic E-state index is 9.76. The van der Waals surface area contributed by atoms with Crippen LogP contribution < -0.4 is 0 Å². The van der Waals surface area contributed by atoms with Crippen molar-refractivity contribution in [3.05, 3.63) is 29.1 Å². The van der Waals surface area contributed by atoms with E-state index in [9.17, 15) is 10.2 Å². The number of hydrogen-bond acceptors (Lipinski definition) is 3. The topological polar surface area (TPSA) is 40.5 Å². The van der Waals surface area contributed by atoms with Gasteiger partial charge in [-0.15, -0.1) is 11.3 Å². The van der Waals surface area contributed by atoms with Gasteiger partial charge in [-0.1, -0.05) is 0 Å². The number of aromatic hydroxyl groups is 1. The molecule has 80 valence electrons. The Morgan fingerprint density at radius 1 is 1.33 bits per heavy atom. The molecule has 1 heterocycles. The largest absolute Gasteiger partial charge is 0.508 e. The summed E-state index contributed by atoms with van der Waals surface area (Å²) in [4.78, 5) is 0. The summed E-state index contributed by atoms with van der Waals surface area (Å²) < 4.78 is 1.06. The molecule has 0 aliphatic rings. The molecule has 2 N–H and O–H groups in total. The smallest absolute Gasteiger partial charge is 0.117 e. The fourth-order valence-electron chi connectivity index (χ4n) is 1.67. The molecule has 3 heteroatoms. The minimum atomic E-state index is -0.689. The molecule has 0 radical (unpaired) electrons. The van der Waals surface area contributed by atoms with Crippen LogP contribution in [0.4, 0.5) is 0 Å². The fourth-order valence-corrected chi connectivity index (χ4v) is 2.67. The number of rotatable bonds is 2. The van der Waals surface area contributed by atoms with Crippen LogP contribution in [0.15, 0.2) is 23.6 Å². The Kier molecular flexibility index (Phi) is 2.44. The van der Waals surface area contributed by atoms with E-state index in [0.29, 0.717) is 12.2 Å². The van der Waals surface area contributed by atoms with E-state index in [1.165, 1.54) is 0 Å². The van der Waals surface area contributed by atoms with E-state index < -0.39 is 5.60 Å². The van der Waals surface area contributed by atoms with E-state index >= 15 is 0 Å². The summed E-state index contributed by atoms with van der Waals surface area (Å²) in [5, 5.41) is 22.3. The first-order valence-corrected chi connectivity index (χ1v) is 5.75. The van der Waals surface area contributed by atoms with Gasteiger partial charge in [0.25, 0.3) is 0 Å². The summed E-state index contributed by atoms with van der Waals surface area (Å²) in [6, 6.07) is 5.35. The van der Waals surface area contributed by atoms with Gasteiger partial charge in [-0.25, -0.2) is 0 Å². The van der Waals surface area contributed by atoms with Gasteiger partial charge in [-0.3, -0.25) is 0 Å². The summed E-state index contributed by atoms with van der Waals surface area (Å²) in [6.45, 7) is 3.60. The molecule has 1 aromatic heterocycles. The van der Waals surface area contributed by atoms with E-state index in [0.717, 1.165) is 15.6 Å². The molecule has 2 aromatic rings. The van der Waals surface area contributed by atoms with Gasteiger partial charge in [0.2, 0.25) is 0 Å². The fraction of sp³-hybridized carbons (Fsp3) is 0.333. The molecule has 0 spiro atoms. The van der Waals surface area contributed by atoms with Crippen LogP contribution in [0.3, 0.4) is 0 Å². The summed E-state index contributed by atoms with van der Waals surface area (Å²) >= 11 is 1.60. The average Bonchev–Trinajstić information content (AvgIpc) is 2.45. The lowest BCUT2D eigenvalue weighted by molar-refractivity contribution is 0.0814. The van der Waals surface area contributed by atoms with Gasteiger partial charge >= 0.3 is 0 Å². The average molecular weight is 222 g/mol. The van der Waals surface area contributed by atoms with Crippen LogP contribution in [-0.4, -0.2) is 15.8 Å². The van der Waals surface area contributed by atoms with Crippen LogP contribution in [0.25, 0.3) is 10.1 Å². The zero-order valence-electron chi connectivity index (χ0n) is 8.82. The second kappa shape index (κ2) is 3.51. The Bertz CT molecular complexity index is 480. The Morgan fingerprint density at radius 3 is 2.73 bits per heavy atom. The Labute approximate surface area is 92.8 Å². The molecule has 0 bridgehead atoms. The Morgan fingerprint density at radius 2 is 2.07 bits per heavy atom. The normalized spacial score (nSPS) is 12.2. The molecular weight excluding hydrogens is 208 g/mol. The summed E-state index contributed by atoms with van der Waals surface area (Å²) in [7, 11) is 0. The number of benzene rings is 1. The van der Waals surface area contributed by atoms with Gasteiger partial charge in [0.05, 0.1) is 5.60 Å². The van der Waals surface area contributed by atoms with Crippen LogP contribution in [0.2, 0.25) is 0 Å². The molecule has 15 heavy (non-hydrogen) atoms. The minimum absolute atomic E-state index is 0.291. The molecule has 2 rings (SSSR count). The Hall–Kier alpha value is -1.06. The third kappa shape index (κ3) is 2.30. The van der Waals surface area contributed by atoms with Crippen molar-refractivity contribution >= 4 is 21.4 Å². The molecule has 0 fully saturated rings. The lowest BCUT2D eigenvalue weighted by Gasteiger charge is -2.16. The first-order chi connectivity index (χ1) is 6.96. The monoisotopic (exact) mass is 222 g/mol. The second-order valence-corrected chi connectivity index (χ2v) is 5.34. The van der Waals surface area contributed by atoms with Crippen molar-refractivity contribution in [2.75, 3.05) is 0 Å². The van der Waals surface area contributed by atoms with Crippen LogP contribution >= 0.6 is 11.3 Å². The minimum Gasteiger partial charge on any atom is -0.508 e. The van der Waals surface area contributed by atoms with Crippen molar-refractivity contribution in [3.63, 3.8) is 0 Å². The van der Waals surface area contributed by atoms with Gasteiger partial charge in [-0.2, -0.15) is 0 Å². The predicted octanol–water partition coefficient (Wildman–Crippen LogP) is 2.92. The van der Waals surface area contributed by atoms with Gasteiger partial charge < -0.3 is 10.2 Å². The van der Waals surface area contributed by atoms with Gasteiger partial charge in [0.15, 0.2) is 0 Å². The molecule has 1 aromatic carbocycles. The van der Waals surface area contributed by atoms with E-state index in [4.69, 9.17) is 0 Å². The SMILES string of the molecule is CC(C)(O)Cc1csc2cc(O)ccc12. The molecule has 0 saturated carbocycles. The number of aliphatic hydroxyl groups is 1. The molecule has 0 aliphatic carbocycles. The van der Waals surface area contributed by atoms with E-state index in [-0.39, 0.29) is 0 Å². The first-order valence-electron chi connectivity index (χ1n) is 4.87. The zero-order valence-corrected chi connectivity index (χ0v) is 9.64. The van der Waals surface area contributed by atoms with Crippen molar-refractivity contribution in [1.29, 1.82) is 0 Å². The zero-order chi connectivity index (χ0) is 11.1.